The molecule has 0 amide bonds. The quantitative estimate of drug-likeness (QED) is 0.851. The average molecular weight is 305 g/mol. The van der Waals surface area contributed by atoms with Crippen LogP contribution in [0.15, 0.2) is 34.3 Å². The first-order chi connectivity index (χ1) is 9.95. The summed E-state index contributed by atoms with van der Waals surface area (Å²) in [5.74, 6) is -0.197. The fourth-order valence-corrected chi connectivity index (χ4v) is 2.97. The van der Waals surface area contributed by atoms with Gasteiger partial charge in [0.1, 0.15) is 5.82 Å². The lowest BCUT2D eigenvalue weighted by Gasteiger charge is -2.13. The van der Waals surface area contributed by atoms with Crippen molar-refractivity contribution in [3.8, 4) is 0 Å². The van der Waals surface area contributed by atoms with Gasteiger partial charge in [-0.05, 0) is 43.8 Å². The minimum absolute atomic E-state index is 0.197. The highest BCUT2D eigenvalue weighted by Crippen LogP contribution is 2.29. The van der Waals surface area contributed by atoms with Gasteiger partial charge < -0.3 is 5.32 Å². The monoisotopic (exact) mass is 305 g/mol. The minimum Gasteiger partial charge on any atom is -0.310 e. The molecule has 0 saturated carbocycles. The van der Waals surface area contributed by atoms with Gasteiger partial charge in [0.25, 0.3) is 0 Å². The van der Waals surface area contributed by atoms with Gasteiger partial charge in [-0.3, -0.25) is 0 Å². The molecule has 1 N–H and O–H groups in total. The summed E-state index contributed by atoms with van der Waals surface area (Å²) in [5.41, 5.74) is 2.51. The highest BCUT2D eigenvalue weighted by molar-refractivity contribution is 7.99. The summed E-state index contributed by atoms with van der Waals surface area (Å²) < 4.78 is 14.1. The second-order valence-electron chi connectivity index (χ2n) is 5.29. The molecule has 0 spiro atoms. The molecule has 0 saturated heterocycles. The Balaban J connectivity index is 2.28. The Hall–Kier alpha value is -1.46. The first-order valence-corrected chi connectivity index (χ1v) is 7.78. The molecule has 0 radical (unpaired) electrons. The van der Waals surface area contributed by atoms with Crippen LogP contribution in [-0.2, 0) is 6.54 Å². The molecule has 5 heteroatoms. The Morgan fingerprint density at radius 3 is 2.48 bits per heavy atom. The van der Waals surface area contributed by atoms with Gasteiger partial charge in [-0.2, -0.15) is 0 Å². The predicted octanol–water partition coefficient (Wildman–Crippen LogP) is 3.88. The molecule has 1 aromatic heterocycles. The Morgan fingerprint density at radius 2 is 1.86 bits per heavy atom. The van der Waals surface area contributed by atoms with Crippen LogP contribution in [0.4, 0.5) is 4.39 Å². The van der Waals surface area contributed by atoms with E-state index in [0.717, 1.165) is 16.3 Å². The standard InChI is InChI=1S/C16H20FN3S/c1-10(2)18-9-13-14(17)6-5-7-15(13)21-16-19-11(3)8-12(4)20-16/h5-8,10,18H,9H2,1-4H3. The largest absolute Gasteiger partial charge is 0.310 e. The number of hydrogen-bond donors (Lipinski definition) is 1. The van der Waals surface area contributed by atoms with Gasteiger partial charge in [-0.15, -0.1) is 0 Å². The van der Waals surface area contributed by atoms with Crippen molar-refractivity contribution in [2.24, 2.45) is 0 Å². The number of aryl methyl sites for hydroxylation is 2. The van der Waals surface area contributed by atoms with Gasteiger partial charge in [-0.1, -0.05) is 19.9 Å². The number of rotatable bonds is 5. The van der Waals surface area contributed by atoms with E-state index in [2.05, 4.69) is 15.3 Å². The number of aromatic nitrogens is 2. The third kappa shape index (κ3) is 4.51. The van der Waals surface area contributed by atoms with Crippen molar-refractivity contribution in [3.63, 3.8) is 0 Å². The number of nitrogens with one attached hydrogen (secondary N) is 1. The summed E-state index contributed by atoms with van der Waals surface area (Å²) in [6, 6.07) is 7.35. The third-order valence-corrected chi connectivity index (χ3v) is 3.89. The van der Waals surface area contributed by atoms with E-state index in [1.807, 2.05) is 39.8 Å². The first kappa shape index (κ1) is 15.9. The van der Waals surface area contributed by atoms with Crippen LogP contribution in [0.3, 0.4) is 0 Å². The Labute approximate surface area is 129 Å². The van der Waals surface area contributed by atoms with Gasteiger partial charge in [-0.25, -0.2) is 14.4 Å². The SMILES string of the molecule is Cc1cc(C)nc(Sc2cccc(F)c2CNC(C)C)n1. The van der Waals surface area contributed by atoms with Crippen LogP contribution >= 0.6 is 11.8 Å². The van der Waals surface area contributed by atoms with Gasteiger partial charge in [0.15, 0.2) is 5.16 Å². The zero-order chi connectivity index (χ0) is 15.4. The van der Waals surface area contributed by atoms with Crippen LogP contribution in [-0.4, -0.2) is 16.0 Å². The van der Waals surface area contributed by atoms with E-state index in [0.29, 0.717) is 23.3 Å². The van der Waals surface area contributed by atoms with Gasteiger partial charge in [0.05, 0.1) is 0 Å². The summed E-state index contributed by atoms with van der Waals surface area (Å²) in [6.07, 6.45) is 0. The molecule has 21 heavy (non-hydrogen) atoms. The fraction of sp³-hybridized carbons (Fsp3) is 0.375. The highest BCUT2D eigenvalue weighted by Gasteiger charge is 2.12. The van der Waals surface area contributed by atoms with E-state index < -0.39 is 0 Å². The molecular weight excluding hydrogens is 285 g/mol. The normalized spacial score (nSPS) is 11.1. The third-order valence-electron chi connectivity index (χ3n) is 2.93. The molecule has 3 nitrogen and oxygen atoms in total. The van der Waals surface area contributed by atoms with Crippen LogP contribution in [0.1, 0.15) is 30.8 Å². The second-order valence-corrected chi connectivity index (χ2v) is 6.30. The molecule has 1 aromatic carbocycles. The molecule has 0 aliphatic heterocycles. The lowest BCUT2D eigenvalue weighted by atomic mass is 10.2. The van der Waals surface area contributed by atoms with Crippen LogP contribution < -0.4 is 5.32 Å². The Morgan fingerprint density at radius 1 is 1.19 bits per heavy atom. The van der Waals surface area contributed by atoms with Crippen LogP contribution in [0, 0.1) is 19.7 Å². The molecule has 0 aliphatic rings. The molecule has 0 atom stereocenters. The van der Waals surface area contributed by atoms with Crippen molar-refractivity contribution in [1.82, 2.24) is 15.3 Å². The summed E-state index contributed by atoms with van der Waals surface area (Å²) in [4.78, 5) is 9.66. The van der Waals surface area contributed by atoms with Crippen molar-refractivity contribution in [2.75, 3.05) is 0 Å². The van der Waals surface area contributed by atoms with Gasteiger partial charge in [0, 0.05) is 34.4 Å². The summed E-state index contributed by atoms with van der Waals surface area (Å²) >= 11 is 1.41. The van der Waals surface area contributed by atoms with E-state index >= 15 is 0 Å². The van der Waals surface area contributed by atoms with Crippen molar-refractivity contribution < 1.29 is 4.39 Å². The highest BCUT2D eigenvalue weighted by atomic mass is 32.2. The maximum absolute atomic E-state index is 14.1. The summed E-state index contributed by atoms with van der Waals surface area (Å²) in [7, 11) is 0. The van der Waals surface area contributed by atoms with Crippen LogP contribution in [0.25, 0.3) is 0 Å². The lowest BCUT2D eigenvalue weighted by Crippen LogP contribution is -2.22. The molecule has 0 bridgehead atoms. The molecule has 0 unspecified atom stereocenters. The molecular formula is C16H20FN3S. The topological polar surface area (TPSA) is 37.8 Å². The first-order valence-electron chi connectivity index (χ1n) is 6.96. The van der Waals surface area contributed by atoms with Crippen molar-refractivity contribution in [3.05, 3.63) is 47.0 Å². The zero-order valence-electron chi connectivity index (χ0n) is 12.8. The smallest absolute Gasteiger partial charge is 0.192 e. The van der Waals surface area contributed by atoms with E-state index in [1.165, 1.54) is 17.8 Å². The Kier molecular flexibility index (Phi) is 5.31. The molecule has 2 rings (SSSR count). The lowest BCUT2D eigenvalue weighted by molar-refractivity contribution is 0.546. The van der Waals surface area contributed by atoms with Crippen LogP contribution in [0.5, 0.6) is 0 Å². The number of hydrogen-bond acceptors (Lipinski definition) is 4. The minimum atomic E-state index is -0.197. The zero-order valence-corrected chi connectivity index (χ0v) is 13.6. The number of nitrogens with zero attached hydrogens (tertiary/aromatic N) is 2. The van der Waals surface area contributed by atoms with E-state index in [1.54, 1.807) is 6.07 Å². The number of halogens is 1. The van der Waals surface area contributed by atoms with E-state index in [9.17, 15) is 4.39 Å². The van der Waals surface area contributed by atoms with Crippen molar-refractivity contribution in [1.29, 1.82) is 0 Å². The molecule has 112 valence electrons. The van der Waals surface area contributed by atoms with Crippen molar-refractivity contribution in [2.45, 2.75) is 50.3 Å². The van der Waals surface area contributed by atoms with Gasteiger partial charge >= 0.3 is 0 Å². The second kappa shape index (κ2) is 7.00. The molecule has 2 aromatic rings. The van der Waals surface area contributed by atoms with Gasteiger partial charge in [0.2, 0.25) is 0 Å². The summed E-state index contributed by atoms with van der Waals surface area (Å²) in [6.45, 7) is 8.45. The Bertz CT molecular complexity index is 609. The summed E-state index contributed by atoms with van der Waals surface area (Å²) in [5, 5.41) is 3.91. The number of benzene rings is 1. The maximum Gasteiger partial charge on any atom is 0.192 e. The molecule has 1 heterocycles. The van der Waals surface area contributed by atoms with E-state index in [4.69, 9.17) is 0 Å². The average Bonchev–Trinajstić information content (AvgIpc) is 2.36. The van der Waals surface area contributed by atoms with Crippen molar-refractivity contribution >= 4 is 11.8 Å². The van der Waals surface area contributed by atoms with E-state index in [-0.39, 0.29) is 5.82 Å². The maximum atomic E-state index is 14.1. The fourth-order valence-electron chi connectivity index (χ4n) is 1.95. The molecule has 0 fully saturated rings. The predicted molar refractivity (Wildman–Crippen MR) is 84.0 cm³/mol. The van der Waals surface area contributed by atoms with Crippen LogP contribution in [0.2, 0.25) is 0 Å². The molecule has 0 aliphatic carbocycles.